The zero-order valence-electron chi connectivity index (χ0n) is 9.02. The molecule has 2 rings (SSSR count). The van der Waals surface area contributed by atoms with Crippen molar-refractivity contribution in [2.45, 2.75) is 6.54 Å². The third-order valence-corrected chi connectivity index (χ3v) is 4.26. The second-order valence-corrected chi connectivity index (χ2v) is 6.66. The predicted molar refractivity (Wildman–Crippen MR) is 78.3 cm³/mol. The van der Waals surface area contributed by atoms with Gasteiger partial charge >= 0.3 is 0 Å². The molecule has 90 valence electrons. The summed E-state index contributed by atoms with van der Waals surface area (Å²) in [7, 11) is 1.97. The highest BCUT2D eigenvalue weighted by atomic mass is 79.9. The van der Waals surface area contributed by atoms with Crippen molar-refractivity contribution in [2.24, 2.45) is 0 Å². The second kappa shape index (κ2) is 5.32. The first-order valence-electron chi connectivity index (χ1n) is 4.78. The number of nitrogens with zero attached hydrogens (tertiary/aromatic N) is 3. The molecule has 2 aromatic rings. The summed E-state index contributed by atoms with van der Waals surface area (Å²) < 4.78 is 1.96. The van der Waals surface area contributed by atoms with E-state index in [9.17, 15) is 0 Å². The van der Waals surface area contributed by atoms with Crippen molar-refractivity contribution in [3.63, 3.8) is 0 Å². The molecule has 4 nitrogen and oxygen atoms in total. The lowest BCUT2D eigenvalue weighted by Crippen LogP contribution is -2.18. The fourth-order valence-corrected chi connectivity index (χ4v) is 3.11. The van der Waals surface area contributed by atoms with Crippen LogP contribution in [0.25, 0.3) is 0 Å². The smallest absolute Gasteiger partial charge is 0.222 e. The first-order chi connectivity index (χ1) is 8.06. The molecule has 0 bridgehead atoms. The highest BCUT2D eigenvalue weighted by Crippen LogP contribution is 2.26. The molecule has 2 N–H and O–H groups in total. The average Bonchev–Trinajstić information content (AvgIpc) is 2.67. The highest BCUT2D eigenvalue weighted by Gasteiger charge is 2.10. The van der Waals surface area contributed by atoms with Crippen molar-refractivity contribution in [2.75, 3.05) is 17.7 Å². The van der Waals surface area contributed by atoms with E-state index in [4.69, 9.17) is 5.73 Å². The van der Waals surface area contributed by atoms with Crippen LogP contribution in [-0.4, -0.2) is 17.0 Å². The van der Waals surface area contributed by atoms with Crippen molar-refractivity contribution in [1.82, 2.24) is 9.97 Å². The third-order valence-electron chi connectivity index (χ3n) is 2.15. The fraction of sp³-hybridized carbons (Fsp3) is 0.200. The van der Waals surface area contributed by atoms with Crippen LogP contribution >= 0.6 is 43.2 Å². The Morgan fingerprint density at radius 2 is 2.24 bits per heavy atom. The molecule has 0 aliphatic heterocycles. The maximum atomic E-state index is 5.59. The molecule has 0 spiro atoms. The van der Waals surface area contributed by atoms with Gasteiger partial charge in [-0.25, -0.2) is 4.98 Å². The summed E-state index contributed by atoms with van der Waals surface area (Å²) >= 11 is 8.54. The Hall–Kier alpha value is -0.660. The topological polar surface area (TPSA) is 55.0 Å². The van der Waals surface area contributed by atoms with Gasteiger partial charge in [0, 0.05) is 19.8 Å². The van der Waals surface area contributed by atoms with Crippen LogP contribution in [0.1, 0.15) is 5.56 Å². The van der Waals surface area contributed by atoms with Crippen LogP contribution in [0.15, 0.2) is 25.9 Å². The Kier molecular flexibility index (Phi) is 4.01. The molecule has 2 aromatic heterocycles. The number of anilines is 2. The molecule has 0 amide bonds. The van der Waals surface area contributed by atoms with Crippen LogP contribution in [0.3, 0.4) is 0 Å². The van der Waals surface area contributed by atoms with Crippen molar-refractivity contribution in [3.05, 3.63) is 31.5 Å². The molecule has 0 radical (unpaired) electrons. The van der Waals surface area contributed by atoms with Gasteiger partial charge < -0.3 is 10.6 Å². The number of hydrogen-bond donors (Lipinski definition) is 1. The molecular weight excluding hydrogens is 368 g/mol. The Bertz CT molecular complexity index is 529. The number of nitrogens with two attached hydrogens (primary N) is 1. The van der Waals surface area contributed by atoms with Gasteiger partial charge in [-0.1, -0.05) is 0 Å². The molecule has 0 atom stereocenters. The molecule has 0 aliphatic rings. The van der Waals surface area contributed by atoms with Gasteiger partial charge in [0.2, 0.25) is 5.95 Å². The zero-order valence-corrected chi connectivity index (χ0v) is 13.0. The number of thiophene rings is 1. The maximum absolute atomic E-state index is 5.59. The summed E-state index contributed by atoms with van der Waals surface area (Å²) in [5.41, 5.74) is 6.82. The van der Waals surface area contributed by atoms with E-state index in [1.807, 2.05) is 11.9 Å². The first-order valence-corrected chi connectivity index (χ1v) is 7.25. The summed E-state index contributed by atoms with van der Waals surface area (Å²) in [5.74, 6) is 1.07. The maximum Gasteiger partial charge on any atom is 0.222 e. The van der Waals surface area contributed by atoms with Crippen LogP contribution in [0.2, 0.25) is 0 Å². The number of hydrogen-bond acceptors (Lipinski definition) is 5. The van der Waals surface area contributed by atoms with Gasteiger partial charge in [0.25, 0.3) is 0 Å². The van der Waals surface area contributed by atoms with Crippen molar-refractivity contribution in [3.8, 4) is 0 Å². The van der Waals surface area contributed by atoms with Crippen LogP contribution in [0.5, 0.6) is 0 Å². The Balaban J connectivity index is 2.19. The molecule has 0 fully saturated rings. The quantitative estimate of drug-likeness (QED) is 0.891. The molecule has 17 heavy (non-hydrogen) atoms. The van der Waals surface area contributed by atoms with Crippen molar-refractivity contribution in [1.29, 1.82) is 0 Å². The molecular formula is C10H10Br2N4S. The van der Waals surface area contributed by atoms with Gasteiger partial charge in [-0.2, -0.15) is 4.98 Å². The van der Waals surface area contributed by atoms with Crippen molar-refractivity contribution < 1.29 is 0 Å². The summed E-state index contributed by atoms with van der Waals surface area (Å²) in [5, 5.41) is 2.11. The fourth-order valence-electron chi connectivity index (χ4n) is 1.42. The average molecular weight is 378 g/mol. The Labute approximate surface area is 120 Å². The summed E-state index contributed by atoms with van der Waals surface area (Å²) in [4.78, 5) is 10.2. The van der Waals surface area contributed by atoms with E-state index in [2.05, 4.69) is 53.3 Å². The lowest BCUT2D eigenvalue weighted by Gasteiger charge is -2.18. The van der Waals surface area contributed by atoms with E-state index >= 15 is 0 Å². The highest BCUT2D eigenvalue weighted by molar-refractivity contribution is 9.11. The van der Waals surface area contributed by atoms with Crippen LogP contribution in [-0.2, 0) is 6.54 Å². The number of nitrogen functional groups attached to an aromatic ring is 1. The van der Waals surface area contributed by atoms with Crippen molar-refractivity contribution >= 4 is 55.0 Å². The first kappa shape index (κ1) is 12.8. The lowest BCUT2D eigenvalue weighted by atomic mass is 10.3. The molecule has 0 aromatic carbocycles. The van der Waals surface area contributed by atoms with Crippen LogP contribution < -0.4 is 10.6 Å². The summed E-state index contributed by atoms with van der Waals surface area (Å²) in [6, 6.07) is 2.10. The second-order valence-electron chi connectivity index (χ2n) is 3.51. The number of aromatic nitrogens is 2. The largest absolute Gasteiger partial charge is 0.368 e. The molecule has 0 saturated heterocycles. The number of rotatable bonds is 3. The Morgan fingerprint density at radius 3 is 2.88 bits per heavy atom. The summed E-state index contributed by atoms with van der Waals surface area (Å²) in [6.45, 7) is 0.775. The van der Waals surface area contributed by atoms with E-state index in [0.717, 1.165) is 20.6 Å². The molecule has 0 saturated carbocycles. The third kappa shape index (κ3) is 3.17. The van der Waals surface area contributed by atoms with Gasteiger partial charge in [-0.05, 0) is 48.9 Å². The zero-order chi connectivity index (χ0) is 12.4. The molecule has 2 heterocycles. The predicted octanol–water partition coefficient (Wildman–Crippen LogP) is 3.28. The lowest BCUT2D eigenvalue weighted by molar-refractivity contribution is 0.892. The molecule has 0 unspecified atom stereocenters. The minimum absolute atomic E-state index is 0.279. The van der Waals surface area contributed by atoms with Crippen LogP contribution in [0, 0.1) is 0 Å². The minimum atomic E-state index is 0.279. The van der Waals surface area contributed by atoms with E-state index in [-0.39, 0.29) is 5.95 Å². The normalized spacial score (nSPS) is 10.5. The van der Waals surface area contributed by atoms with Gasteiger partial charge in [0.15, 0.2) is 0 Å². The van der Waals surface area contributed by atoms with E-state index < -0.39 is 0 Å². The SMILES string of the molecule is CN(Cc1csc(Br)c1)c1nc(N)ncc1Br. The summed E-state index contributed by atoms with van der Waals surface area (Å²) in [6.07, 6.45) is 1.66. The van der Waals surface area contributed by atoms with Gasteiger partial charge in [-0.15, -0.1) is 11.3 Å². The van der Waals surface area contributed by atoms with E-state index in [1.165, 1.54) is 5.56 Å². The van der Waals surface area contributed by atoms with Gasteiger partial charge in [-0.3, -0.25) is 0 Å². The van der Waals surface area contributed by atoms with E-state index in [0.29, 0.717) is 0 Å². The van der Waals surface area contributed by atoms with E-state index in [1.54, 1.807) is 17.5 Å². The van der Waals surface area contributed by atoms with Crippen LogP contribution in [0.4, 0.5) is 11.8 Å². The Morgan fingerprint density at radius 1 is 1.47 bits per heavy atom. The van der Waals surface area contributed by atoms with Gasteiger partial charge in [0.05, 0.1) is 8.26 Å². The van der Waals surface area contributed by atoms with Gasteiger partial charge in [0.1, 0.15) is 5.82 Å². The molecule has 0 aliphatic carbocycles. The minimum Gasteiger partial charge on any atom is -0.368 e. The number of halogens is 2. The standard InChI is InChI=1S/C10H10Br2N4S/c1-16(4-6-2-8(12)17-5-6)9-7(11)3-14-10(13)15-9/h2-3,5H,4H2,1H3,(H2,13,14,15). The monoisotopic (exact) mass is 376 g/mol. The molecule has 7 heteroatoms.